The molecule has 2 aliphatic rings. The minimum absolute atomic E-state index is 0.743. The van der Waals surface area contributed by atoms with Crippen molar-refractivity contribution in [3.8, 4) is 0 Å². The maximum atomic E-state index is 2.51. The fourth-order valence-electron chi connectivity index (χ4n) is 2.55. The van der Waals surface area contributed by atoms with Crippen LogP contribution in [0.2, 0.25) is 0 Å². The second kappa shape index (κ2) is 1.78. The van der Waals surface area contributed by atoms with Gasteiger partial charge in [-0.25, -0.2) is 0 Å². The molecule has 2 fully saturated rings. The molecule has 0 unspecified atom stereocenters. The van der Waals surface area contributed by atoms with Crippen LogP contribution in [-0.2, 0) is 0 Å². The summed E-state index contributed by atoms with van der Waals surface area (Å²) in [5, 5.41) is 0. The van der Waals surface area contributed by atoms with E-state index in [9.17, 15) is 0 Å². The predicted octanol–water partition coefficient (Wildman–Crippen LogP) is 3.37. The van der Waals surface area contributed by atoms with Crippen LogP contribution in [0.1, 0.15) is 52.4 Å². The summed E-state index contributed by atoms with van der Waals surface area (Å²) in [6.45, 7) is 4.99. The standard InChI is InChI=1S/C10H18/c1-9(5-3-4-6-9)10(2)7-8-10/h3-8H2,1-2H3. The summed E-state index contributed by atoms with van der Waals surface area (Å²) >= 11 is 0. The molecule has 10 heavy (non-hydrogen) atoms. The molecular weight excluding hydrogens is 120 g/mol. The predicted molar refractivity (Wildman–Crippen MR) is 43.9 cm³/mol. The maximum absolute atomic E-state index is 2.51. The highest BCUT2D eigenvalue weighted by Crippen LogP contribution is 2.64. The van der Waals surface area contributed by atoms with Crippen LogP contribution in [0.3, 0.4) is 0 Å². The van der Waals surface area contributed by atoms with E-state index in [0.717, 1.165) is 10.8 Å². The van der Waals surface area contributed by atoms with Crippen LogP contribution in [0.4, 0.5) is 0 Å². The molecule has 58 valence electrons. The molecule has 0 aromatic heterocycles. The summed E-state index contributed by atoms with van der Waals surface area (Å²) in [5.41, 5.74) is 1.51. The highest BCUT2D eigenvalue weighted by molar-refractivity contribution is 5.03. The average Bonchev–Trinajstić information content (AvgIpc) is 2.46. The first kappa shape index (κ1) is 6.69. The normalized spacial score (nSPS) is 34.2. The highest BCUT2D eigenvalue weighted by Gasteiger charge is 2.53. The van der Waals surface area contributed by atoms with Gasteiger partial charge in [-0.2, -0.15) is 0 Å². The SMILES string of the molecule is CC1(C2(C)CC2)CCCC1. The summed E-state index contributed by atoms with van der Waals surface area (Å²) < 4.78 is 0. The first-order valence-corrected chi connectivity index (χ1v) is 4.66. The van der Waals surface area contributed by atoms with E-state index in [-0.39, 0.29) is 0 Å². The van der Waals surface area contributed by atoms with Gasteiger partial charge in [-0.3, -0.25) is 0 Å². The van der Waals surface area contributed by atoms with Gasteiger partial charge in [0.15, 0.2) is 0 Å². The third-order valence-electron chi connectivity index (χ3n) is 4.16. The molecule has 0 aromatic carbocycles. The maximum Gasteiger partial charge on any atom is -0.0272 e. The van der Waals surface area contributed by atoms with Crippen molar-refractivity contribution < 1.29 is 0 Å². The summed E-state index contributed by atoms with van der Waals surface area (Å²) in [7, 11) is 0. The Morgan fingerprint density at radius 2 is 1.10 bits per heavy atom. The minimum atomic E-state index is 0.743. The van der Waals surface area contributed by atoms with Crippen LogP contribution >= 0.6 is 0 Å². The van der Waals surface area contributed by atoms with Crippen molar-refractivity contribution in [3.63, 3.8) is 0 Å². The minimum Gasteiger partial charge on any atom is -0.0591 e. The Hall–Kier alpha value is 0. The van der Waals surface area contributed by atoms with Gasteiger partial charge >= 0.3 is 0 Å². The number of rotatable bonds is 1. The van der Waals surface area contributed by atoms with Gasteiger partial charge in [-0.05, 0) is 36.5 Å². The van der Waals surface area contributed by atoms with Gasteiger partial charge in [-0.15, -0.1) is 0 Å². The van der Waals surface area contributed by atoms with Crippen LogP contribution < -0.4 is 0 Å². The molecule has 0 nitrogen and oxygen atoms in total. The van der Waals surface area contributed by atoms with E-state index >= 15 is 0 Å². The molecule has 2 rings (SSSR count). The molecule has 2 saturated carbocycles. The van der Waals surface area contributed by atoms with Crippen molar-refractivity contribution in [1.82, 2.24) is 0 Å². The van der Waals surface area contributed by atoms with E-state index in [0.29, 0.717) is 0 Å². The molecule has 0 N–H and O–H groups in total. The summed E-state index contributed by atoms with van der Waals surface area (Å²) in [4.78, 5) is 0. The van der Waals surface area contributed by atoms with Gasteiger partial charge in [0.25, 0.3) is 0 Å². The molecule has 0 bridgehead atoms. The zero-order valence-electron chi connectivity index (χ0n) is 7.24. The second-order valence-corrected chi connectivity index (χ2v) is 4.83. The third kappa shape index (κ3) is 0.741. The molecule has 0 radical (unpaired) electrons. The molecule has 0 atom stereocenters. The Kier molecular flexibility index (Phi) is 1.19. The molecule has 2 aliphatic carbocycles. The second-order valence-electron chi connectivity index (χ2n) is 4.83. The van der Waals surface area contributed by atoms with Gasteiger partial charge < -0.3 is 0 Å². The van der Waals surface area contributed by atoms with E-state index in [1.807, 2.05) is 0 Å². The lowest BCUT2D eigenvalue weighted by molar-refractivity contribution is 0.187. The molecule has 0 saturated heterocycles. The van der Waals surface area contributed by atoms with E-state index in [1.54, 1.807) is 0 Å². The molecule has 0 spiro atoms. The number of hydrogen-bond acceptors (Lipinski definition) is 0. The van der Waals surface area contributed by atoms with Crippen LogP contribution in [0.5, 0.6) is 0 Å². The van der Waals surface area contributed by atoms with E-state index < -0.39 is 0 Å². The molecule has 0 heterocycles. The topological polar surface area (TPSA) is 0 Å². The lowest BCUT2D eigenvalue weighted by Gasteiger charge is -2.31. The third-order valence-corrected chi connectivity index (χ3v) is 4.16. The monoisotopic (exact) mass is 138 g/mol. The van der Waals surface area contributed by atoms with Gasteiger partial charge in [0.05, 0.1) is 0 Å². The van der Waals surface area contributed by atoms with E-state index in [4.69, 9.17) is 0 Å². The zero-order valence-corrected chi connectivity index (χ0v) is 7.24. The van der Waals surface area contributed by atoms with Crippen LogP contribution in [0, 0.1) is 10.8 Å². The first-order chi connectivity index (χ1) is 4.66. The van der Waals surface area contributed by atoms with Crippen molar-refractivity contribution in [2.24, 2.45) is 10.8 Å². The quantitative estimate of drug-likeness (QED) is 0.521. The fourth-order valence-corrected chi connectivity index (χ4v) is 2.55. The molecule has 0 aromatic rings. The Morgan fingerprint density at radius 3 is 1.50 bits per heavy atom. The smallest absolute Gasteiger partial charge is 0.0272 e. The van der Waals surface area contributed by atoms with Gasteiger partial charge in [0.1, 0.15) is 0 Å². The Labute approximate surface area is 64.0 Å². The lowest BCUT2D eigenvalue weighted by Crippen LogP contribution is -2.22. The summed E-state index contributed by atoms with van der Waals surface area (Å²) in [6.07, 6.45) is 9.00. The van der Waals surface area contributed by atoms with Crippen LogP contribution in [-0.4, -0.2) is 0 Å². The van der Waals surface area contributed by atoms with Crippen LogP contribution in [0.15, 0.2) is 0 Å². The fraction of sp³-hybridized carbons (Fsp3) is 1.00. The Bertz CT molecular complexity index is 136. The molecule has 0 aliphatic heterocycles. The van der Waals surface area contributed by atoms with E-state index in [2.05, 4.69) is 13.8 Å². The zero-order chi connectivity index (χ0) is 7.24. The molecule has 0 heteroatoms. The van der Waals surface area contributed by atoms with Crippen molar-refractivity contribution in [2.45, 2.75) is 52.4 Å². The average molecular weight is 138 g/mol. The van der Waals surface area contributed by atoms with Crippen molar-refractivity contribution in [2.75, 3.05) is 0 Å². The summed E-state index contributed by atoms with van der Waals surface area (Å²) in [6, 6.07) is 0. The summed E-state index contributed by atoms with van der Waals surface area (Å²) in [5.74, 6) is 0. The van der Waals surface area contributed by atoms with Crippen molar-refractivity contribution in [3.05, 3.63) is 0 Å². The number of hydrogen-bond donors (Lipinski definition) is 0. The van der Waals surface area contributed by atoms with Crippen LogP contribution in [0.25, 0.3) is 0 Å². The van der Waals surface area contributed by atoms with Gasteiger partial charge in [-0.1, -0.05) is 26.7 Å². The molecular formula is C10H18. The first-order valence-electron chi connectivity index (χ1n) is 4.66. The van der Waals surface area contributed by atoms with E-state index in [1.165, 1.54) is 38.5 Å². The molecule has 0 amide bonds. The lowest BCUT2D eigenvalue weighted by atomic mass is 9.74. The van der Waals surface area contributed by atoms with Crippen molar-refractivity contribution >= 4 is 0 Å². The largest absolute Gasteiger partial charge is 0.0591 e. The Morgan fingerprint density at radius 1 is 0.700 bits per heavy atom. The Balaban J connectivity index is 2.13. The van der Waals surface area contributed by atoms with Crippen molar-refractivity contribution in [1.29, 1.82) is 0 Å². The van der Waals surface area contributed by atoms with Gasteiger partial charge in [0, 0.05) is 0 Å². The van der Waals surface area contributed by atoms with Gasteiger partial charge in [0.2, 0.25) is 0 Å². The highest BCUT2D eigenvalue weighted by atomic mass is 14.6.